The minimum atomic E-state index is -0.310. The number of fused-ring (bicyclic) bond motifs is 1. The van der Waals surface area contributed by atoms with E-state index in [2.05, 4.69) is 37.5 Å². The zero-order valence-electron chi connectivity index (χ0n) is 21.3. The van der Waals surface area contributed by atoms with E-state index in [-0.39, 0.29) is 24.2 Å². The fourth-order valence-electron chi connectivity index (χ4n) is 4.16. The Morgan fingerprint density at radius 3 is 2.56 bits per heavy atom. The number of nitrogens with one attached hydrogen (secondary N) is 2. The van der Waals surface area contributed by atoms with Crippen LogP contribution < -0.4 is 21.1 Å². The van der Waals surface area contributed by atoms with Gasteiger partial charge in [0.2, 0.25) is 5.91 Å². The third-order valence-corrected chi connectivity index (χ3v) is 6.01. The quantitative estimate of drug-likeness (QED) is 0.262. The van der Waals surface area contributed by atoms with Gasteiger partial charge >= 0.3 is 0 Å². The van der Waals surface area contributed by atoms with Crippen LogP contribution in [0.15, 0.2) is 73.7 Å². The molecule has 0 aliphatic heterocycles. The molecule has 0 bridgehead atoms. The van der Waals surface area contributed by atoms with Crippen molar-refractivity contribution in [2.75, 3.05) is 18.2 Å². The standard InChI is InChI=1S/C27H25N9O3/c1-4-22(37)32-18-8-5-16(6-9-18)24-23(25-26(28)30-15-31-36(25)34-24)17-7-10-20(21(13-17)39-3)27(38)29-14-19-11-12-35(2)33-19/h4-13,15H,1,14H2,2-3H3,(H,29,38)(H,32,37)(H2,28,30,31). The van der Waals surface area contributed by atoms with Crippen molar-refractivity contribution in [1.29, 1.82) is 0 Å². The number of hydrogen-bond acceptors (Lipinski definition) is 8. The summed E-state index contributed by atoms with van der Waals surface area (Å²) < 4.78 is 8.68. The average molecular weight is 524 g/mol. The van der Waals surface area contributed by atoms with Gasteiger partial charge in [0.05, 0.1) is 24.9 Å². The summed E-state index contributed by atoms with van der Waals surface area (Å²) >= 11 is 0. The predicted octanol–water partition coefficient (Wildman–Crippen LogP) is 2.84. The Hall–Kier alpha value is -5.52. The number of nitrogens with zero attached hydrogens (tertiary/aromatic N) is 6. The maximum atomic E-state index is 13.0. The van der Waals surface area contributed by atoms with Crippen LogP contribution in [0, 0.1) is 0 Å². The number of nitrogen functional groups attached to an aromatic ring is 1. The van der Waals surface area contributed by atoms with Crippen molar-refractivity contribution in [3.8, 4) is 28.1 Å². The van der Waals surface area contributed by atoms with Crippen LogP contribution in [-0.2, 0) is 18.4 Å². The second-order valence-electron chi connectivity index (χ2n) is 8.56. The summed E-state index contributed by atoms with van der Waals surface area (Å²) in [6, 6.07) is 14.2. The molecule has 196 valence electrons. The Balaban J connectivity index is 1.54. The van der Waals surface area contributed by atoms with Crippen LogP contribution in [0.1, 0.15) is 16.1 Å². The highest BCUT2D eigenvalue weighted by Gasteiger charge is 2.22. The number of aromatic nitrogens is 6. The van der Waals surface area contributed by atoms with Crippen molar-refractivity contribution in [2.24, 2.45) is 7.05 Å². The van der Waals surface area contributed by atoms with E-state index in [9.17, 15) is 9.59 Å². The van der Waals surface area contributed by atoms with Gasteiger partial charge in [-0.1, -0.05) is 24.8 Å². The maximum Gasteiger partial charge on any atom is 0.255 e. The summed E-state index contributed by atoms with van der Waals surface area (Å²) in [6.45, 7) is 3.74. The minimum Gasteiger partial charge on any atom is -0.496 e. The summed E-state index contributed by atoms with van der Waals surface area (Å²) in [6.07, 6.45) is 4.34. The first-order valence-corrected chi connectivity index (χ1v) is 11.9. The Bertz CT molecular complexity index is 1700. The van der Waals surface area contributed by atoms with E-state index in [4.69, 9.17) is 10.5 Å². The number of hydrogen-bond donors (Lipinski definition) is 3. The van der Waals surface area contributed by atoms with Crippen LogP contribution in [-0.4, -0.2) is 48.5 Å². The fourth-order valence-corrected chi connectivity index (χ4v) is 4.16. The lowest BCUT2D eigenvalue weighted by Gasteiger charge is -2.12. The highest BCUT2D eigenvalue weighted by molar-refractivity contribution is 6.01. The number of amides is 2. The number of carbonyl (C=O) groups is 2. The van der Waals surface area contributed by atoms with Gasteiger partial charge in [-0.3, -0.25) is 14.3 Å². The zero-order chi connectivity index (χ0) is 27.5. The monoisotopic (exact) mass is 523 g/mol. The molecule has 0 aliphatic carbocycles. The summed E-state index contributed by atoms with van der Waals surface area (Å²) in [5, 5.41) is 18.8. The number of ether oxygens (including phenoxy) is 1. The predicted molar refractivity (Wildman–Crippen MR) is 146 cm³/mol. The first-order valence-electron chi connectivity index (χ1n) is 11.9. The molecule has 4 N–H and O–H groups in total. The van der Waals surface area contributed by atoms with Crippen molar-refractivity contribution in [2.45, 2.75) is 6.54 Å². The summed E-state index contributed by atoms with van der Waals surface area (Å²) in [5.41, 5.74) is 11.2. The largest absolute Gasteiger partial charge is 0.496 e. The highest BCUT2D eigenvalue weighted by atomic mass is 16.5. The molecule has 0 saturated heterocycles. The molecule has 0 spiro atoms. The second kappa shape index (κ2) is 10.5. The van der Waals surface area contributed by atoms with E-state index < -0.39 is 0 Å². The van der Waals surface area contributed by atoms with Crippen molar-refractivity contribution < 1.29 is 14.3 Å². The number of carbonyl (C=O) groups excluding carboxylic acids is 2. The van der Waals surface area contributed by atoms with Crippen LogP contribution in [0.25, 0.3) is 27.9 Å². The number of benzene rings is 2. The molecule has 5 rings (SSSR count). The molecule has 3 aromatic heterocycles. The molecule has 0 atom stereocenters. The van der Waals surface area contributed by atoms with Crippen LogP contribution in [0.2, 0.25) is 0 Å². The molecule has 39 heavy (non-hydrogen) atoms. The van der Waals surface area contributed by atoms with E-state index >= 15 is 0 Å². The lowest BCUT2D eigenvalue weighted by molar-refractivity contribution is -0.111. The van der Waals surface area contributed by atoms with Gasteiger partial charge in [0.15, 0.2) is 5.82 Å². The molecule has 5 aromatic rings. The molecular formula is C27H25N9O3. The van der Waals surface area contributed by atoms with E-state index in [0.717, 1.165) is 11.3 Å². The van der Waals surface area contributed by atoms with Crippen molar-refractivity contribution in [1.82, 2.24) is 34.9 Å². The van der Waals surface area contributed by atoms with Gasteiger partial charge in [-0.25, -0.2) is 4.98 Å². The number of methoxy groups -OCH3 is 1. The molecule has 2 amide bonds. The lowest BCUT2D eigenvalue weighted by atomic mass is 9.98. The third-order valence-electron chi connectivity index (χ3n) is 6.01. The van der Waals surface area contributed by atoms with Gasteiger partial charge in [-0.2, -0.15) is 5.10 Å². The van der Waals surface area contributed by atoms with Gasteiger partial charge in [-0.15, -0.1) is 14.8 Å². The van der Waals surface area contributed by atoms with Crippen LogP contribution in [0.3, 0.4) is 0 Å². The van der Waals surface area contributed by atoms with Gasteiger partial charge in [-0.05, 0) is 42.0 Å². The average Bonchev–Trinajstić information content (AvgIpc) is 3.55. The van der Waals surface area contributed by atoms with Crippen molar-refractivity contribution in [3.05, 3.63) is 85.0 Å². The summed E-state index contributed by atoms with van der Waals surface area (Å²) in [7, 11) is 3.31. The molecular weight excluding hydrogens is 498 g/mol. The van der Waals surface area contributed by atoms with E-state index in [0.29, 0.717) is 39.3 Å². The van der Waals surface area contributed by atoms with Crippen LogP contribution >= 0.6 is 0 Å². The molecule has 0 saturated carbocycles. The first kappa shape index (κ1) is 25.1. The molecule has 12 heteroatoms. The molecule has 0 radical (unpaired) electrons. The minimum absolute atomic E-state index is 0.241. The van der Waals surface area contributed by atoms with Gasteiger partial charge in [0, 0.05) is 30.1 Å². The molecule has 3 heterocycles. The van der Waals surface area contributed by atoms with E-state index in [1.807, 2.05) is 31.4 Å². The number of rotatable bonds is 8. The van der Waals surface area contributed by atoms with Crippen molar-refractivity contribution >= 4 is 28.8 Å². The van der Waals surface area contributed by atoms with Gasteiger partial charge in [0.25, 0.3) is 5.91 Å². The van der Waals surface area contributed by atoms with Gasteiger partial charge in [0.1, 0.15) is 23.3 Å². The maximum absolute atomic E-state index is 13.0. The molecule has 12 nitrogen and oxygen atoms in total. The van der Waals surface area contributed by atoms with Gasteiger partial charge < -0.3 is 21.1 Å². The Labute approximate surface area is 223 Å². The Morgan fingerprint density at radius 1 is 1.10 bits per heavy atom. The summed E-state index contributed by atoms with van der Waals surface area (Å²) in [4.78, 5) is 28.8. The smallest absolute Gasteiger partial charge is 0.255 e. The topological polar surface area (TPSA) is 154 Å². The second-order valence-corrected chi connectivity index (χ2v) is 8.56. The number of aryl methyl sites for hydroxylation is 1. The summed E-state index contributed by atoms with van der Waals surface area (Å²) in [5.74, 6) is -0.00129. The molecule has 2 aromatic carbocycles. The molecule has 0 aliphatic rings. The fraction of sp³-hybridized carbons (Fsp3) is 0.111. The number of anilines is 2. The number of nitrogens with two attached hydrogens (primary N) is 1. The highest BCUT2D eigenvalue weighted by Crippen LogP contribution is 2.38. The van der Waals surface area contributed by atoms with E-state index in [1.165, 1.54) is 24.1 Å². The third kappa shape index (κ3) is 5.03. The lowest BCUT2D eigenvalue weighted by Crippen LogP contribution is -2.23. The zero-order valence-corrected chi connectivity index (χ0v) is 21.3. The Morgan fingerprint density at radius 2 is 1.87 bits per heavy atom. The first-order chi connectivity index (χ1) is 18.9. The SMILES string of the molecule is C=CC(=O)Nc1ccc(-c2nn3ncnc(N)c3c2-c2ccc(C(=O)NCc3ccn(C)n3)c(OC)c2)cc1. The van der Waals surface area contributed by atoms with Crippen LogP contribution in [0.5, 0.6) is 5.75 Å². The molecule has 0 unspecified atom stereocenters. The molecule has 0 fully saturated rings. The van der Waals surface area contributed by atoms with E-state index in [1.54, 1.807) is 35.0 Å². The van der Waals surface area contributed by atoms with Crippen LogP contribution in [0.4, 0.5) is 11.5 Å². The normalized spacial score (nSPS) is 10.8. The Kier molecular flexibility index (Phi) is 6.74. The van der Waals surface area contributed by atoms with Crippen molar-refractivity contribution in [3.63, 3.8) is 0 Å².